The van der Waals surface area contributed by atoms with Crippen LogP contribution in [0, 0.1) is 0 Å². The fraction of sp³-hybridized carbons (Fsp3) is 0.308. The first-order chi connectivity index (χ1) is 8.13. The van der Waals surface area contributed by atoms with Gasteiger partial charge >= 0.3 is 5.97 Å². The summed E-state index contributed by atoms with van der Waals surface area (Å²) >= 11 is 0. The van der Waals surface area contributed by atoms with Crippen molar-refractivity contribution in [1.29, 1.82) is 0 Å². The minimum Gasteiger partial charge on any atom is -0.465 e. The molecule has 1 unspecified atom stereocenters. The molecule has 0 fully saturated rings. The summed E-state index contributed by atoms with van der Waals surface area (Å²) in [4.78, 5) is 11.6. The van der Waals surface area contributed by atoms with E-state index in [2.05, 4.69) is 0 Å². The van der Waals surface area contributed by atoms with Crippen molar-refractivity contribution in [2.24, 2.45) is 5.73 Å². The van der Waals surface area contributed by atoms with Crippen molar-refractivity contribution in [1.82, 2.24) is 4.57 Å². The summed E-state index contributed by atoms with van der Waals surface area (Å²) in [6.45, 7) is 2.68. The van der Waals surface area contributed by atoms with Gasteiger partial charge in [-0.1, -0.05) is 6.07 Å². The Morgan fingerprint density at radius 1 is 1.47 bits per heavy atom. The fourth-order valence-corrected chi connectivity index (χ4v) is 1.98. The van der Waals surface area contributed by atoms with Crippen LogP contribution in [-0.4, -0.2) is 23.7 Å². The quantitative estimate of drug-likeness (QED) is 0.820. The summed E-state index contributed by atoms with van der Waals surface area (Å²) in [5.41, 5.74) is 7.38. The predicted octanol–water partition coefficient (Wildman–Crippen LogP) is 1.78. The van der Waals surface area contributed by atoms with Gasteiger partial charge in [-0.15, -0.1) is 0 Å². The van der Waals surface area contributed by atoms with Crippen molar-refractivity contribution in [2.75, 3.05) is 7.11 Å². The largest absolute Gasteiger partial charge is 0.465 e. The second-order valence-electron chi connectivity index (χ2n) is 4.18. The van der Waals surface area contributed by atoms with E-state index in [1.165, 1.54) is 7.11 Å². The fourth-order valence-electron chi connectivity index (χ4n) is 1.98. The molecule has 0 radical (unpaired) electrons. The van der Waals surface area contributed by atoms with Crippen LogP contribution in [0.1, 0.15) is 17.3 Å². The summed E-state index contributed by atoms with van der Waals surface area (Å²) in [6, 6.07) is 7.59. The van der Waals surface area contributed by atoms with Gasteiger partial charge in [0.1, 0.15) is 0 Å². The maximum atomic E-state index is 11.6. The van der Waals surface area contributed by atoms with Gasteiger partial charge in [-0.2, -0.15) is 0 Å². The van der Waals surface area contributed by atoms with Gasteiger partial charge in [0.05, 0.1) is 12.7 Å². The second kappa shape index (κ2) is 4.59. The van der Waals surface area contributed by atoms with Gasteiger partial charge in [0.15, 0.2) is 0 Å². The Morgan fingerprint density at radius 2 is 2.24 bits per heavy atom. The molecule has 0 spiro atoms. The number of carbonyl (C=O) groups excluding carboxylic acids is 1. The molecule has 0 amide bonds. The number of nitrogens with two attached hydrogens (primary N) is 1. The van der Waals surface area contributed by atoms with Crippen LogP contribution in [-0.2, 0) is 11.3 Å². The molecule has 1 aromatic heterocycles. The summed E-state index contributed by atoms with van der Waals surface area (Å²) in [5.74, 6) is -0.311. The molecule has 0 aliphatic rings. The molecular formula is C13H16N2O2. The van der Waals surface area contributed by atoms with Crippen LogP contribution in [0.3, 0.4) is 0 Å². The van der Waals surface area contributed by atoms with Crippen molar-refractivity contribution in [2.45, 2.75) is 19.5 Å². The van der Waals surface area contributed by atoms with Crippen molar-refractivity contribution in [3.63, 3.8) is 0 Å². The molecule has 1 atom stereocenters. The molecule has 0 bridgehead atoms. The number of aromatic nitrogens is 1. The van der Waals surface area contributed by atoms with Crippen LogP contribution in [0.5, 0.6) is 0 Å². The molecule has 0 saturated heterocycles. The van der Waals surface area contributed by atoms with Gasteiger partial charge in [0.2, 0.25) is 0 Å². The van der Waals surface area contributed by atoms with E-state index in [4.69, 9.17) is 10.5 Å². The summed E-state index contributed by atoms with van der Waals surface area (Å²) in [6.07, 6.45) is 1.94. The number of carbonyl (C=O) groups is 1. The number of methoxy groups -OCH3 is 1. The van der Waals surface area contributed by atoms with E-state index in [-0.39, 0.29) is 12.0 Å². The number of rotatable bonds is 3. The number of nitrogens with zero attached hydrogens (tertiary/aromatic N) is 1. The second-order valence-corrected chi connectivity index (χ2v) is 4.18. The van der Waals surface area contributed by atoms with Crippen molar-refractivity contribution in [3.05, 3.63) is 36.0 Å². The van der Waals surface area contributed by atoms with E-state index in [1.54, 1.807) is 6.07 Å². The topological polar surface area (TPSA) is 57.2 Å². The van der Waals surface area contributed by atoms with Crippen molar-refractivity contribution < 1.29 is 9.53 Å². The standard InChI is InChI=1S/C13H16N2O2/c1-9(14)8-15-7-6-10-11(13(16)17-2)4-3-5-12(10)15/h3-7,9H,8,14H2,1-2H3. The number of hydrogen-bond donors (Lipinski definition) is 1. The summed E-state index contributed by atoms with van der Waals surface area (Å²) in [7, 11) is 1.39. The molecule has 0 aliphatic heterocycles. The molecule has 2 rings (SSSR count). The summed E-state index contributed by atoms with van der Waals surface area (Å²) < 4.78 is 6.81. The van der Waals surface area contributed by atoms with Crippen molar-refractivity contribution >= 4 is 16.9 Å². The lowest BCUT2D eigenvalue weighted by atomic mass is 10.1. The van der Waals surface area contributed by atoms with Crippen LogP contribution in [0.15, 0.2) is 30.5 Å². The van der Waals surface area contributed by atoms with Crippen LogP contribution in [0.2, 0.25) is 0 Å². The highest BCUT2D eigenvalue weighted by atomic mass is 16.5. The first-order valence-corrected chi connectivity index (χ1v) is 5.55. The Morgan fingerprint density at radius 3 is 2.88 bits per heavy atom. The van der Waals surface area contributed by atoms with Gasteiger partial charge in [-0.25, -0.2) is 4.79 Å². The van der Waals surface area contributed by atoms with Gasteiger partial charge in [-0.05, 0) is 25.1 Å². The number of fused-ring (bicyclic) bond motifs is 1. The highest BCUT2D eigenvalue weighted by Gasteiger charge is 2.12. The SMILES string of the molecule is COC(=O)c1cccc2c1ccn2CC(C)N. The smallest absolute Gasteiger partial charge is 0.338 e. The number of benzene rings is 1. The minimum atomic E-state index is -0.311. The van der Waals surface area contributed by atoms with E-state index in [0.717, 1.165) is 17.4 Å². The zero-order valence-corrected chi connectivity index (χ0v) is 10.0. The molecule has 2 N–H and O–H groups in total. The number of ether oxygens (including phenoxy) is 1. The Bertz CT molecular complexity index is 543. The lowest BCUT2D eigenvalue weighted by Crippen LogP contribution is -2.21. The molecule has 2 aromatic rings. The zero-order chi connectivity index (χ0) is 12.4. The van der Waals surface area contributed by atoms with E-state index < -0.39 is 0 Å². The maximum absolute atomic E-state index is 11.6. The highest BCUT2D eigenvalue weighted by molar-refractivity contribution is 6.03. The Hall–Kier alpha value is -1.81. The highest BCUT2D eigenvalue weighted by Crippen LogP contribution is 2.21. The minimum absolute atomic E-state index is 0.0763. The van der Waals surface area contributed by atoms with E-state index in [0.29, 0.717) is 5.56 Å². The van der Waals surface area contributed by atoms with E-state index >= 15 is 0 Å². The van der Waals surface area contributed by atoms with Crippen LogP contribution >= 0.6 is 0 Å². The average Bonchev–Trinajstić information content (AvgIpc) is 2.71. The van der Waals surface area contributed by atoms with Gasteiger partial charge < -0.3 is 15.0 Å². The molecule has 17 heavy (non-hydrogen) atoms. The van der Waals surface area contributed by atoms with Crippen LogP contribution in [0.25, 0.3) is 10.9 Å². The Balaban J connectivity index is 2.52. The Labute approximate surface area is 100.0 Å². The third kappa shape index (κ3) is 2.17. The molecule has 1 aromatic carbocycles. The van der Waals surface area contributed by atoms with Gasteiger partial charge in [0.25, 0.3) is 0 Å². The molecule has 0 aliphatic carbocycles. The normalized spacial score (nSPS) is 12.6. The number of hydrogen-bond acceptors (Lipinski definition) is 3. The maximum Gasteiger partial charge on any atom is 0.338 e. The lowest BCUT2D eigenvalue weighted by molar-refractivity contribution is 0.0603. The van der Waals surface area contributed by atoms with E-state index in [1.807, 2.05) is 35.9 Å². The van der Waals surface area contributed by atoms with Crippen LogP contribution < -0.4 is 5.73 Å². The lowest BCUT2D eigenvalue weighted by Gasteiger charge is -2.09. The van der Waals surface area contributed by atoms with Crippen molar-refractivity contribution in [3.8, 4) is 0 Å². The molecule has 4 nitrogen and oxygen atoms in total. The molecule has 90 valence electrons. The molecule has 4 heteroatoms. The van der Waals surface area contributed by atoms with Gasteiger partial charge in [0, 0.05) is 29.7 Å². The first kappa shape index (κ1) is 11.7. The predicted molar refractivity (Wildman–Crippen MR) is 66.9 cm³/mol. The van der Waals surface area contributed by atoms with Crippen LogP contribution in [0.4, 0.5) is 0 Å². The number of esters is 1. The molecule has 0 saturated carbocycles. The molecule has 1 heterocycles. The summed E-state index contributed by atoms with van der Waals surface area (Å²) in [5, 5.41) is 0.903. The van der Waals surface area contributed by atoms with E-state index in [9.17, 15) is 4.79 Å². The third-order valence-electron chi connectivity index (χ3n) is 2.70. The Kier molecular flexibility index (Phi) is 3.15. The monoisotopic (exact) mass is 232 g/mol. The molecular weight excluding hydrogens is 216 g/mol. The zero-order valence-electron chi connectivity index (χ0n) is 10.0. The van der Waals surface area contributed by atoms with Gasteiger partial charge in [-0.3, -0.25) is 0 Å². The third-order valence-corrected chi connectivity index (χ3v) is 2.70. The average molecular weight is 232 g/mol. The first-order valence-electron chi connectivity index (χ1n) is 5.55.